The summed E-state index contributed by atoms with van der Waals surface area (Å²) in [6, 6.07) is 5.52. The van der Waals surface area contributed by atoms with Crippen LogP contribution < -0.4 is 15.8 Å². The first-order valence-electron chi connectivity index (χ1n) is 6.47. The van der Waals surface area contributed by atoms with E-state index in [4.69, 9.17) is 22.1 Å². The molecule has 1 amide bonds. The van der Waals surface area contributed by atoms with E-state index < -0.39 is 5.54 Å². The van der Waals surface area contributed by atoms with Crippen LogP contribution in [-0.2, 0) is 4.79 Å². The van der Waals surface area contributed by atoms with Crippen LogP contribution in [0.1, 0.15) is 24.8 Å². The van der Waals surface area contributed by atoms with Crippen molar-refractivity contribution < 1.29 is 9.53 Å². The largest absolute Gasteiger partial charge is 0.493 e. The van der Waals surface area contributed by atoms with Crippen LogP contribution in [0, 0.1) is 6.92 Å². The van der Waals surface area contributed by atoms with Crippen molar-refractivity contribution in [1.29, 1.82) is 0 Å². The van der Waals surface area contributed by atoms with E-state index in [1.807, 2.05) is 19.1 Å². The number of nitrogens with one attached hydrogen (secondary N) is 1. The number of benzene rings is 1. The van der Waals surface area contributed by atoms with Crippen LogP contribution in [0.3, 0.4) is 0 Å². The van der Waals surface area contributed by atoms with E-state index >= 15 is 0 Å². The Kier molecular flexibility index (Phi) is 6.11. The molecule has 1 aromatic carbocycles. The quantitative estimate of drug-likeness (QED) is 0.792. The van der Waals surface area contributed by atoms with Crippen LogP contribution in [0.5, 0.6) is 5.75 Å². The van der Waals surface area contributed by atoms with E-state index in [0.29, 0.717) is 18.2 Å². The highest BCUT2D eigenvalue weighted by molar-refractivity contribution is 6.30. The van der Waals surface area contributed by atoms with Gasteiger partial charge in [-0.25, -0.2) is 0 Å². The third-order valence-corrected chi connectivity index (χ3v) is 3.48. The number of carbonyl (C=O) groups excluding carboxylic acids is 1. The molecule has 0 aliphatic heterocycles. The van der Waals surface area contributed by atoms with Crippen molar-refractivity contribution >= 4 is 29.9 Å². The molecule has 6 heteroatoms. The molecule has 0 spiro atoms. The summed E-state index contributed by atoms with van der Waals surface area (Å²) in [6.45, 7) is 3.10. The number of rotatable bonds is 6. The Morgan fingerprint density at radius 3 is 2.80 bits per heavy atom. The van der Waals surface area contributed by atoms with Gasteiger partial charge in [-0.3, -0.25) is 4.79 Å². The maximum atomic E-state index is 11.6. The minimum atomic E-state index is -0.590. The van der Waals surface area contributed by atoms with Crippen molar-refractivity contribution in [3.05, 3.63) is 28.8 Å². The lowest BCUT2D eigenvalue weighted by atomic mass is 10.2. The van der Waals surface area contributed by atoms with Gasteiger partial charge in [0.05, 0.1) is 12.1 Å². The van der Waals surface area contributed by atoms with Gasteiger partial charge in [-0.1, -0.05) is 11.6 Å². The Hall–Kier alpha value is -0.970. The molecular weight excluding hydrogens is 299 g/mol. The van der Waals surface area contributed by atoms with Crippen molar-refractivity contribution in [2.45, 2.75) is 31.7 Å². The molecule has 2 rings (SSSR count). The number of halogens is 2. The second-order valence-electron chi connectivity index (χ2n) is 5.02. The fourth-order valence-corrected chi connectivity index (χ4v) is 2.00. The number of ether oxygens (including phenoxy) is 1. The van der Waals surface area contributed by atoms with Crippen LogP contribution in [0.2, 0.25) is 5.02 Å². The summed E-state index contributed by atoms with van der Waals surface area (Å²) in [5.41, 5.74) is 6.19. The SMILES string of the molecule is Cc1cc(Cl)ccc1OCCCNC(=O)C1(N)CC1.Cl. The number of amides is 1. The van der Waals surface area contributed by atoms with Crippen molar-refractivity contribution in [2.75, 3.05) is 13.2 Å². The summed E-state index contributed by atoms with van der Waals surface area (Å²) in [6.07, 6.45) is 2.34. The lowest BCUT2D eigenvalue weighted by Gasteiger charge is -2.11. The summed E-state index contributed by atoms with van der Waals surface area (Å²) < 4.78 is 5.63. The highest BCUT2D eigenvalue weighted by Gasteiger charge is 2.45. The maximum absolute atomic E-state index is 11.6. The van der Waals surface area contributed by atoms with Gasteiger partial charge >= 0.3 is 0 Å². The minimum Gasteiger partial charge on any atom is -0.493 e. The fraction of sp³-hybridized carbons (Fsp3) is 0.500. The molecule has 4 nitrogen and oxygen atoms in total. The number of aryl methyl sites for hydroxylation is 1. The van der Waals surface area contributed by atoms with Crippen molar-refractivity contribution in [2.24, 2.45) is 5.73 Å². The smallest absolute Gasteiger partial charge is 0.240 e. The van der Waals surface area contributed by atoms with Gasteiger partial charge in [0, 0.05) is 11.6 Å². The van der Waals surface area contributed by atoms with E-state index in [9.17, 15) is 4.79 Å². The first kappa shape index (κ1) is 17.1. The molecule has 0 saturated heterocycles. The molecule has 1 aromatic rings. The van der Waals surface area contributed by atoms with Gasteiger partial charge < -0.3 is 15.8 Å². The zero-order valence-electron chi connectivity index (χ0n) is 11.4. The molecule has 112 valence electrons. The molecule has 0 bridgehead atoms. The molecular formula is C14H20Cl2N2O2. The van der Waals surface area contributed by atoms with Crippen molar-refractivity contribution in [3.8, 4) is 5.75 Å². The molecule has 0 atom stereocenters. The molecule has 1 aliphatic rings. The predicted octanol–water partition coefficient (Wildman–Crippen LogP) is 2.45. The van der Waals surface area contributed by atoms with E-state index in [1.165, 1.54) is 0 Å². The Morgan fingerprint density at radius 1 is 1.50 bits per heavy atom. The Balaban J connectivity index is 0.00000200. The zero-order chi connectivity index (χ0) is 13.9. The number of carbonyl (C=O) groups is 1. The Morgan fingerprint density at radius 2 is 2.20 bits per heavy atom. The second kappa shape index (κ2) is 7.16. The van der Waals surface area contributed by atoms with E-state index in [-0.39, 0.29) is 18.3 Å². The second-order valence-corrected chi connectivity index (χ2v) is 5.46. The molecule has 20 heavy (non-hydrogen) atoms. The number of nitrogens with two attached hydrogens (primary N) is 1. The third-order valence-electron chi connectivity index (χ3n) is 3.24. The van der Waals surface area contributed by atoms with Crippen molar-refractivity contribution in [3.63, 3.8) is 0 Å². The monoisotopic (exact) mass is 318 g/mol. The summed E-state index contributed by atoms with van der Waals surface area (Å²) in [4.78, 5) is 11.6. The molecule has 1 fully saturated rings. The molecule has 0 unspecified atom stereocenters. The van der Waals surface area contributed by atoms with Gasteiger partial charge in [-0.05, 0) is 49.9 Å². The van der Waals surface area contributed by atoms with Gasteiger partial charge in [-0.15, -0.1) is 12.4 Å². The third kappa shape index (κ3) is 4.54. The molecule has 0 aromatic heterocycles. The van der Waals surface area contributed by atoms with Gasteiger partial charge in [0.25, 0.3) is 0 Å². The molecule has 1 saturated carbocycles. The molecule has 3 N–H and O–H groups in total. The Labute approximate surface area is 130 Å². The number of hydrogen-bond donors (Lipinski definition) is 2. The average molecular weight is 319 g/mol. The first-order chi connectivity index (χ1) is 9.01. The highest BCUT2D eigenvalue weighted by Crippen LogP contribution is 2.31. The van der Waals surface area contributed by atoms with Gasteiger partial charge in [0.1, 0.15) is 5.75 Å². The topological polar surface area (TPSA) is 64.3 Å². The molecule has 0 heterocycles. The number of hydrogen-bond acceptors (Lipinski definition) is 3. The predicted molar refractivity (Wildman–Crippen MR) is 82.7 cm³/mol. The van der Waals surface area contributed by atoms with E-state index in [2.05, 4.69) is 5.32 Å². The van der Waals surface area contributed by atoms with Gasteiger partial charge in [0.2, 0.25) is 5.91 Å². The van der Waals surface area contributed by atoms with E-state index in [0.717, 1.165) is 30.6 Å². The van der Waals surface area contributed by atoms with E-state index in [1.54, 1.807) is 6.07 Å². The summed E-state index contributed by atoms with van der Waals surface area (Å²) in [5, 5.41) is 3.53. The van der Waals surface area contributed by atoms with Crippen LogP contribution in [0.4, 0.5) is 0 Å². The maximum Gasteiger partial charge on any atom is 0.240 e. The molecule has 0 radical (unpaired) electrons. The summed E-state index contributed by atoms with van der Waals surface area (Å²) in [5.74, 6) is 0.781. The summed E-state index contributed by atoms with van der Waals surface area (Å²) in [7, 11) is 0. The fourth-order valence-electron chi connectivity index (χ4n) is 1.77. The van der Waals surface area contributed by atoms with Crippen LogP contribution in [0.15, 0.2) is 18.2 Å². The normalized spacial score (nSPS) is 15.2. The standard InChI is InChI=1S/C14H19ClN2O2.ClH/c1-10-9-11(15)3-4-12(10)19-8-2-7-17-13(18)14(16)5-6-14;/h3-4,9H,2,5-8,16H2,1H3,(H,17,18);1H. The van der Waals surface area contributed by atoms with Crippen LogP contribution in [0.25, 0.3) is 0 Å². The van der Waals surface area contributed by atoms with Crippen LogP contribution >= 0.6 is 24.0 Å². The highest BCUT2D eigenvalue weighted by atomic mass is 35.5. The lowest BCUT2D eigenvalue weighted by molar-refractivity contribution is -0.123. The van der Waals surface area contributed by atoms with Crippen LogP contribution in [-0.4, -0.2) is 24.6 Å². The summed E-state index contributed by atoms with van der Waals surface area (Å²) >= 11 is 5.87. The lowest BCUT2D eigenvalue weighted by Crippen LogP contribution is -2.43. The zero-order valence-corrected chi connectivity index (χ0v) is 13.0. The minimum absolute atomic E-state index is 0. The average Bonchev–Trinajstić information content (AvgIpc) is 3.10. The molecule has 1 aliphatic carbocycles. The van der Waals surface area contributed by atoms with Gasteiger partial charge in [-0.2, -0.15) is 0 Å². The first-order valence-corrected chi connectivity index (χ1v) is 6.85. The van der Waals surface area contributed by atoms with Crippen molar-refractivity contribution in [1.82, 2.24) is 5.32 Å². The van der Waals surface area contributed by atoms with Gasteiger partial charge in [0.15, 0.2) is 0 Å². The Bertz CT molecular complexity index is 476.